The standard InChI is InChI=1S/C14H16N2O/c1-9-7-14(16-10-3-4-10)12-8-11(17-2)5-6-13(12)15-9/h5-8,10H,3-4H2,1-2H3,(H,15,16). The number of anilines is 1. The Hall–Kier alpha value is -1.77. The maximum absolute atomic E-state index is 5.27. The van der Waals surface area contributed by atoms with E-state index in [1.807, 2.05) is 25.1 Å². The van der Waals surface area contributed by atoms with Crippen LogP contribution in [-0.4, -0.2) is 18.1 Å². The Kier molecular flexibility index (Phi) is 2.39. The fourth-order valence-corrected chi connectivity index (χ4v) is 2.03. The van der Waals surface area contributed by atoms with Crippen LogP contribution >= 0.6 is 0 Å². The molecule has 1 aliphatic carbocycles. The first-order chi connectivity index (χ1) is 8.26. The predicted octanol–water partition coefficient (Wildman–Crippen LogP) is 3.13. The highest BCUT2D eigenvalue weighted by molar-refractivity contribution is 5.92. The number of aromatic nitrogens is 1. The number of ether oxygens (including phenoxy) is 1. The number of nitrogens with zero attached hydrogens (tertiary/aromatic N) is 1. The van der Waals surface area contributed by atoms with E-state index in [1.54, 1.807) is 7.11 Å². The molecule has 1 saturated carbocycles. The number of rotatable bonds is 3. The molecule has 0 aliphatic heterocycles. The largest absolute Gasteiger partial charge is 0.497 e. The zero-order valence-electron chi connectivity index (χ0n) is 10.2. The van der Waals surface area contributed by atoms with E-state index in [0.29, 0.717) is 6.04 Å². The molecule has 1 heterocycles. The smallest absolute Gasteiger partial charge is 0.119 e. The summed E-state index contributed by atoms with van der Waals surface area (Å²) >= 11 is 0. The molecule has 0 unspecified atom stereocenters. The van der Waals surface area contributed by atoms with Gasteiger partial charge in [-0.05, 0) is 44.0 Å². The molecule has 0 spiro atoms. The van der Waals surface area contributed by atoms with Gasteiger partial charge in [0.25, 0.3) is 0 Å². The summed E-state index contributed by atoms with van der Waals surface area (Å²) < 4.78 is 5.27. The SMILES string of the molecule is COc1ccc2nc(C)cc(NC3CC3)c2c1. The van der Waals surface area contributed by atoms with Gasteiger partial charge in [-0.25, -0.2) is 0 Å². The number of aryl methyl sites for hydroxylation is 1. The molecule has 1 N–H and O–H groups in total. The molecule has 0 amide bonds. The number of hydrogen-bond donors (Lipinski definition) is 1. The Labute approximate surface area is 101 Å². The Morgan fingerprint density at radius 1 is 1.29 bits per heavy atom. The number of methoxy groups -OCH3 is 1. The second kappa shape index (κ2) is 3.91. The molecule has 3 rings (SSSR count). The molecule has 3 heteroatoms. The zero-order valence-corrected chi connectivity index (χ0v) is 10.2. The van der Waals surface area contributed by atoms with Crippen molar-refractivity contribution in [3.05, 3.63) is 30.0 Å². The van der Waals surface area contributed by atoms with Crippen LogP contribution in [0.5, 0.6) is 5.75 Å². The van der Waals surface area contributed by atoms with Gasteiger partial charge in [-0.1, -0.05) is 0 Å². The lowest BCUT2D eigenvalue weighted by molar-refractivity contribution is 0.415. The average molecular weight is 228 g/mol. The molecule has 0 radical (unpaired) electrons. The summed E-state index contributed by atoms with van der Waals surface area (Å²) in [5.41, 5.74) is 3.24. The van der Waals surface area contributed by atoms with E-state index in [2.05, 4.69) is 16.4 Å². The van der Waals surface area contributed by atoms with Crippen molar-refractivity contribution in [2.24, 2.45) is 0 Å². The van der Waals surface area contributed by atoms with Gasteiger partial charge in [-0.15, -0.1) is 0 Å². The second-order valence-corrected chi connectivity index (χ2v) is 4.61. The van der Waals surface area contributed by atoms with Crippen LogP contribution in [0.2, 0.25) is 0 Å². The summed E-state index contributed by atoms with van der Waals surface area (Å²) in [5, 5.41) is 4.70. The molecule has 1 aromatic heterocycles. The molecular weight excluding hydrogens is 212 g/mol. The first-order valence-electron chi connectivity index (χ1n) is 5.98. The molecule has 1 aliphatic rings. The summed E-state index contributed by atoms with van der Waals surface area (Å²) in [4.78, 5) is 4.54. The van der Waals surface area contributed by atoms with Gasteiger partial charge in [-0.3, -0.25) is 4.98 Å². The van der Waals surface area contributed by atoms with Gasteiger partial charge in [0.2, 0.25) is 0 Å². The van der Waals surface area contributed by atoms with Crippen molar-refractivity contribution in [1.29, 1.82) is 0 Å². The third-order valence-corrected chi connectivity index (χ3v) is 3.08. The third kappa shape index (κ3) is 2.05. The minimum Gasteiger partial charge on any atom is -0.497 e. The molecule has 2 aromatic rings. The Bertz CT molecular complexity index is 561. The van der Waals surface area contributed by atoms with Crippen molar-refractivity contribution in [2.45, 2.75) is 25.8 Å². The first kappa shape index (κ1) is 10.4. The summed E-state index contributed by atoms with van der Waals surface area (Å²) in [6, 6.07) is 8.77. The van der Waals surface area contributed by atoms with Gasteiger partial charge in [0.05, 0.1) is 12.6 Å². The molecule has 88 valence electrons. The van der Waals surface area contributed by atoms with E-state index in [9.17, 15) is 0 Å². The van der Waals surface area contributed by atoms with Gasteiger partial charge >= 0.3 is 0 Å². The molecule has 3 nitrogen and oxygen atoms in total. The molecule has 1 aromatic carbocycles. The fraction of sp³-hybridized carbons (Fsp3) is 0.357. The van der Waals surface area contributed by atoms with Crippen LogP contribution in [0, 0.1) is 6.92 Å². The minimum absolute atomic E-state index is 0.645. The molecule has 0 atom stereocenters. The van der Waals surface area contributed by atoms with Crippen LogP contribution in [0.15, 0.2) is 24.3 Å². The molecule has 0 bridgehead atoms. The van der Waals surface area contributed by atoms with Gasteiger partial charge in [0.1, 0.15) is 5.75 Å². The maximum atomic E-state index is 5.27. The Morgan fingerprint density at radius 2 is 2.12 bits per heavy atom. The predicted molar refractivity (Wildman–Crippen MR) is 69.7 cm³/mol. The van der Waals surface area contributed by atoms with Crippen molar-refractivity contribution >= 4 is 16.6 Å². The Morgan fingerprint density at radius 3 is 2.82 bits per heavy atom. The molecule has 17 heavy (non-hydrogen) atoms. The van der Waals surface area contributed by atoms with Crippen molar-refractivity contribution in [3.8, 4) is 5.75 Å². The number of fused-ring (bicyclic) bond motifs is 1. The van der Waals surface area contributed by atoms with Crippen molar-refractivity contribution in [1.82, 2.24) is 4.98 Å². The van der Waals surface area contributed by atoms with E-state index in [0.717, 1.165) is 22.3 Å². The highest BCUT2D eigenvalue weighted by Crippen LogP contribution is 2.31. The van der Waals surface area contributed by atoms with Crippen LogP contribution in [0.1, 0.15) is 18.5 Å². The lowest BCUT2D eigenvalue weighted by Crippen LogP contribution is -2.02. The molecule has 0 saturated heterocycles. The van der Waals surface area contributed by atoms with Crippen molar-refractivity contribution < 1.29 is 4.74 Å². The van der Waals surface area contributed by atoms with Crippen molar-refractivity contribution in [2.75, 3.05) is 12.4 Å². The average Bonchev–Trinajstić information content (AvgIpc) is 3.12. The van der Waals surface area contributed by atoms with Crippen LogP contribution in [0.25, 0.3) is 10.9 Å². The van der Waals surface area contributed by atoms with E-state index in [1.165, 1.54) is 18.5 Å². The lowest BCUT2D eigenvalue weighted by atomic mass is 10.1. The minimum atomic E-state index is 0.645. The molecule has 1 fully saturated rings. The summed E-state index contributed by atoms with van der Waals surface area (Å²) in [6.45, 7) is 2.03. The maximum Gasteiger partial charge on any atom is 0.119 e. The summed E-state index contributed by atoms with van der Waals surface area (Å²) in [5.74, 6) is 0.877. The van der Waals surface area contributed by atoms with Gasteiger partial charge in [0.15, 0.2) is 0 Å². The number of benzene rings is 1. The first-order valence-corrected chi connectivity index (χ1v) is 5.98. The van der Waals surface area contributed by atoms with Gasteiger partial charge in [-0.2, -0.15) is 0 Å². The number of pyridine rings is 1. The van der Waals surface area contributed by atoms with Crippen LogP contribution in [0.3, 0.4) is 0 Å². The number of hydrogen-bond acceptors (Lipinski definition) is 3. The highest BCUT2D eigenvalue weighted by atomic mass is 16.5. The molecular formula is C14H16N2O. The van der Waals surface area contributed by atoms with Crippen LogP contribution < -0.4 is 10.1 Å². The summed E-state index contributed by atoms with van der Waals surface area (Å²) in [7, 11) is 1.69. The lowest BCUT2D eigenvalue weighted by Gasteiger charge is -2.11. The topological polar surface area (TPSA) is 34.1 Å². The normalized spacial score (nSPS) is 14.9. The summed E-state index contributed by atoms with van der Waals surface area (Å²) in [6.07, 6.45) is 2.54. The van der Waals surface area contributed by atoms with Crippen LogP contribution in [0.4, 0.5) is 5.69 Å². The van der Waals surface area contributed by atoms with Crippen molar-refractivity contribution in [3.63, 3.8) is 0 Å². The highest BCUT2D eigenvalue weighted by Gasteiger charge is 2.21. The van der Waals surface area contributed by atoms with Crippen LogP contribution in [-0.2, 0) is 0 Å². The van der Waals surface area contributed by atoms with E-state index >= 15 is 0 Å². The van der Waals surface area contributed by atoms with E-state index < -0.39 is 0 Å². The number of nitrogens with one attached hydrogen (secondary N) is 1. The fourth-order valence-electron chi connectivity index (χ4n) is 2.03. The zero-order chi connectivity index (χ0) is 11.8. The monoisotopic (exact) mass is 228 g/mol. The van der Waals surface area contributed by atoms with Gasteiger partial charge in [0, 0.05) is 22.8 Å². The van der Waals surface area contributed by atoms with E-state index in [4.69, 9.17) is 4.74 Å². The second-order valence-electron chi connectivity index (χ2n) is 4.61. The van der Waals surface area contributed by atoms with E-state index in [-0.39, 0.29) is 0 Å². The quantitative estimate of drug-likeness (QED) is 0.876. The Balaban J connectivity index is 2.14. The third-order valence-electron chi connectivity index (χ3n) is 3.08. The van der Waals surface area contributed by atoms with Gasteiger partial charge < -0.3 is 10.1 Å².